The third kappa shape index (κ3) is 6.60. The predicted octanol–water partition coefficient (Wildman–Crippen LogP) is 2.71. The zero-order chi connectivity index (χ0) is 17.9. The summed E-state index contributed by atoms with van der Waals surface area (Å²) in [5, 5.41) is 13.3. The molecule has 0 radical (unpaired) electrons. The molecule has 0 heterocycles. The van der Waals surface area contributed by atoms with E-state index < -0.39 is 22.8 Å². The fourth-order valence-corrected chi connectivity index (χ4v) is 2.28. The van der Waals surface area contributed by atoms with Gasteiger partial charge in [0.2, 0.25) is 5.91 Å². The van der Waals surface area contributed by atoms with Crippen LogP contribution in [0.4, 0.5) is 5.69 Å². The minimum atomic E-state index is -0.781. The molecular weight excluding hydrogens is 310 g/mol. The van der Waals surface area contributed by atoms with Crippen LogP contribution in [0, 0.1) is 10.1 Å². The largest absolute Gasteiger partial charge is 0.368 e. The minimum Gasteiger partial charge on any atom is -0.368 e. The van der Waals surface area contributed by atoms with Crippen LogP contribution in [0.5, 0.6) is 0 Å². The molecule has 2 amide bonds. The minimum absolute atomic E-state index is 0.126. The molecule has 1 atom stereocenters. The lowest BCUT2D eigenvalue weighted by atomic mass is 10.0. The molecule has 130 valence electrons. The van der Waals surface area contributed by atoms with E-state index in [4.69, 9.17) is 5.73 Å². The molecule has 1 aromatic carbocycles. The van der Waals surface area contributed by atoms with Crippen LogP contribution in [0.15, 0.2) is 36.9 Å². The molecular formula is C17H23N3O4. The van der Waals surface area contributed by atoms with Crippen LogP contribution in [0.3, 0.4) is 0 Å². The van der Waals surface area contributed by atoms with E-state index in [-0.39, 0.29) is 11.3 Å². The van der Waals surface area contributed by atoms with Gasteiger partial charge in [0.05, 0.1) is 4.92 Å². The van der Waals surface area contributed by atoms with E-state index in [2.05, 4.69) is 11.9 Å². The fourth-order valence-electron chi connectivity index (χ4n) is 2.28. The van der Waals surface area contributed by atoms with Gasteiger partial charge in [-0.2, -0.15) is 0 Å². The van der Waals surface area contributed by atoms with Gasteiger partial charge in [-0.25, -0.2) is 0 Å². The molecule has 1 rings (SSSR count). The third-order valence-corrected chi connectivity index (χ3v) is 3.62. The molecule has 0 fully saturated rings. The third-order valence-electron chi connectivity index (χ3n) is 3.62. The van der Waals surface area contributed by atoms with Gasteiger partial charge in [0, 0.05) is 17.7 Å². The first-order chi connectivity index (χ1) is 11.5. The van der Waals surface area contributed by atoms with Crippen LogP contribution in [-0.2, 0) is 4.79 Å². The molecule has 0 aliphatic carbocycles. The fraction of sp³-hybridized carbons (Fsp3) is 0.412. The number of nitrogens with zero attached hydrogens (tertiary/aromatic N) is 1. The van der Waals surface area contributed by atoms with Crippen LogP contribution in [0.2, 0.25) is 0 Å². The molecule has 7 heteroatoms. The van der Waals surface area contributed by atoms with Crippen LogP contribution in [0.1, 0.15) is 48.9 Å². The SMILES string of the molecule is C=CCCCCCC[C@H](NC(=O)c1cccc([N+](=O)[O-])c1)C(N)=O. The van der Waals surface area contributed by atoms with Gasteiger partial charge in [-0.1, -0.05) is 31.4 Å². The lowest BCUT2D eigenvalue weighted by Gasteiger charge is -2.15. The maximum absolute atomic E-state index is 12.2. The molecule has 1 aromatic rings. The number of nitrogens with two attached hydrogens (primary N) is 1. The highest BCUT2D eigenvalue weighted by molar-refractivity contribution is 5.97. The number of primary amides is 1. The van der Waals surface area contributed by atoms with E-state index >= 15 is 0 Å². The topological polar surface area (TPSA) is 115 Å². The number of allylic oxidation sites excluding steroid dienone is 1. The van der Waals surface area contributed by atoms with Crippen molar-refractivity contribution in [3.8, 4) is 0 Å². The second-order valence-corrected chi connectivity index (χ2v) is 5.52. The number of unbranched alkanes of at least 4 members (excludes halogenated alkanes) is 4. The molecule has 7 nitrogen and oxygen atoms in total. The number of nitro benzene ring substituents is 1. The second kappa shape index (κ2) is 10.1. The normalized spacial score (nSPS) is 11.5. The molecule has 24 heavy (non-hydrogen) atoms. The zero-order valence-corrected chi connectivity index (χ0v) is 13.6. The van der Waals surface area contributed by atoms with E-state index in [9.17, 15) is 19.7 Å². The van der Waals surface area contributed by atoms with Crippen molar-refractivity contribution in [3.63, 3.8) is 0 Å². The molecule has 0 bridgehead atoms. The highest BCUT2D eigenvalue weighted by Gasteiger charge is 2.19. The van der Waals surface area contributed by atoms with Crippen molar-refractivity contribution < 1.29 is 14.5 Å². The summed E-state index contributed by atoms with van der Waals surface area (Å²) in [6.07, 6.45) is 7.05. The Morgan fingerprint density at radius 3 is 2.62 bits per heavy atom. The van der Waals surface area contributed by atoms with E-state index in [0.717, 1.165) is 32.1 Å². The number of rotatable bonds is 11. The maximum Gasteiger partial charge on any atom is 0.270 e. The van der Waals surface area contributed by atoms with Gasteiger partial charge in [-0.3, -0.25) is 19.7 Å². The van der Waals surface area contributed by atoms with Gasteiger partial charge in [-0.15, -0.1) is 6.58 Å². The average molecular weight is 333 g/mol. The Hall–Kier alpha value is -2.70. The quantitative estimate of drug-likeness (QED) is 0.280. The van der Waals surface area contributed by atoms with Gasteiger partial charge in [0.1, 0.15) is 6.04 Å². The van der Waals surface area contributed by atoms with Crippen molar-refractivity contribution in [2.45, 2.75) is 44.6 Å². The summed E-state index contributed by atoms with van der Waals surface area (Å²) in [7, 11) is 0. The summed E-state index contributed by atoms with van der Waals surface area (Å²) < 4.78 is 0. The smallest absolute Gasteiger partial charge is 0.270 e. The number of non-ortho nitro benzene ring substituents is 1. The van der Waals surface area contributed by atoms with Crippen molar-refractivity contribution in [2.75, 3.05) is 0 Å². The number of nitro groups is 1. The number of carbonyl (C=O) groups excluding carboxylic acids is 2. The molecule has 0 aromatic heterocycles. The lowest BCUT2D eigenvalue weighted by Crippen LogP contribution is -2.44. The summed E-state index contributed by atoms with van der Waals surface area (Å²) in [6, 6.07) is 4.56. The first-order valence-electron chi connectivity index (χ1n) is 7.91. The van der Waals surface area contributed by atoms with Gasteiger partial charge in [0.25, 0.3) is 11.6 Å². The van der Waals surface area contributed by atoms with E-state index in [1.165, 1.54) is 24.3 Å². The first kappa shape index (κ1) is 19.3. The number of amides is 2. The second-order valence-electron chi connectivity index (χ2n) is 5.52. The Morgan fingerprint density at radius 2 is 2.00 bits per heavy atom. The predicted molar refractivity (Wildman–Crippen MR) is 91.4 cm³/mol. The van der Waals surface area contributed by atoms with Crippen molar-refractivity contribution >= 4 is 17.5 Å². The zero-order valence-electron chi connectivity index (χ0n) is 13.6. The monoisotopic (exact) mass is 333 g/mol. The summed E-state index contributed by atoms with van der Waals surface area (Å²) in [5.41, 5.74) is 5.27. The van der Waals surface area contributed by atoms with Gasteiger partial charge in [0.15, 0.2) is 0 Å². The summed E-state index contributed by atoms with van der Waals surface area (Å²) in [5.74, 6) is -1.16. The molecule has 0 aliphatic heterocycles. The van der Waals surface area contributed by atoms with Gasteiger partial charge < -0.3 is 11.1 Å². The molecule has 0 saturated carbocycles. The van der Waals surface area contributed by atoms with E-state index in [1.807, 2.05) is 6.08 Å². The molecule has 0 spiro atoms. The molecule has 3 N–H and O–H groups in total. The number of carbonyl (C=O) groups is 2. The Bertz CT molecular complexity index is 601. The molecule has 0 saturated heterocycles. The average Bonchev–Trinajstić information content (AvgIpc) is 2.56. The number of nitrogens with one attached hydrogen (secondary N) is 1. The van der Waals surface area contributed by atoms with Crippen molar-refractivity contribution in [1.82, 2.24) is 5.32 Å². The lowest BCUT2D eigenvalue weighted by molar-refractivity contribution is -0.384. The molecule has 0 aliphatic rings. The highest BCUT2D eigenvalue weighted by Crippen LogP contribution is 2.14. The highest BCUT2D eigenvalue weighted by atomic mass is 16.6. The number of hydrogen-bond acceptors (Lipinski definition) is 4. The Balaban J connectivity index is 2.56. The standard InChI is InChI=1S/C17H23N3O4/c1-2-3-4-5-6-7-11-15(16(18)21)19-17(22)13-9-8-10-14(12-13)20(23)24/h2,8-10,12,15H,1,3-7,11H2,(H2,18,21)(H,19,22)/t15-/m0/s1. The Kier molecular flexibility index (Phi) is 8.18. The van der Waals surface area contributed by atoms with E-state index in [1.54, 1.807) is 0 Å². The number of benzene rings is 1. The van der Waals surface area contributed by atoms with Crippen molar-refractivity contribution in [2.24, 2.45) is 5.73 Å². The Labute approximate surface area is 141 Å². The Morgan fingerprint density at radius 1 is 1.29 bits per heavy atom. The first-order valence-corrected chi connectivity index (χ1v) is 7.91. The summed E-state index contributed by atoms with van der Waals surface area (Å²) in [4.78, 5) is 33.8. The van der Waals surface area contributed by atoms with E-state index in [0.29, 0.717) is 6.42 Å². The van der Waals surface area contributed by atoms with Crippen molar-refractivity contribution in [1.29, 1.82) is 0 Å². The summed E-state index contributed by atoms with van der Waals surface area (Å²) in [6.45, 7) is 3.66. The van der Waals surface area contributed by atoms with Crippen molar-refractivity contribution in [3.05, 3.63) is 52.6 Å². The van der Waals surface area contributed by atoms with Crippen LogP contribution in [0.25, 0.3) is 0 Å². The van der Waals surface area contributed by atoms with Crippen LogP contribution < -0.4 is 11.1 Å². The maximum atomic E-state index is 12.2. The van der Waals surface area contributed by atoms with Crippen LogP contribution in [-0.4, -0.2) is 22.8 Å². The molecule has 0 unspecified atom stereocenters. The summed E-state index contributed by atoms with van der Waals surface area (Å²) >= 11 is 0. The van der Waals surface area contributed by atoms with Crippen LogP contribution >= 0.6 is 0 Å². The van der Waals surface area contributed by atoms with Gasteiger partial charge >= 0.3 is 0 Å². The number of hydrogen-bond donors (Lipinski definition) is 2. The van der Waals surface area contributed by atoms with Gasteiger partial charge in [-0.05, 0) is 25.3 Å².